The van der Waals surface area contributed by atoms with Gasteiger partial charge in [0, 0.05) is 43.7 Å². The first-order valence-corrected chi connectivity index (χ1v) is 14.9. The molecule has 2 fully saturated rings. The fourth-order valence-corrected chi connectivity index (χ4v) is 6.00. The summed E-state index contributed by atoms with van der Waals surface area (Å²) in [4.78, 5) is 22.8. The molecule has 6 heteroatoms. The molecule has 1 amide bonds. The molecule has 3 unspecified atom stereocenters. The van der Waals surface area contributed by atoms with Gasteiger partial charge in [-0.15, -0.1) is 0 Å². The third-order valence-corrected chi connectivity index (χ3v) is 8.57. The van der Waals surface area contributed by atoms with Crippen LogP contribution in [0.1, 0.15) is 64.5 Å². The van der Waals surface area contributed by atoms with E-state index < -0.39 is 0 Å². The van der Waals surface area contributed by atoms with E-state index in [1.807, 2.05) is 19.9 Å². The van der Waals surface area contributed by atoms with E-state index in [9.17, 15) is 4.79 Å². The number of hydrogen-bond acceptors (Lipinski definition) is 4. The highest BCUT2D eigenvalue weighted by molar-refractivity contribution is 5.97. The number of nitrogens with zero attached hydrogens (tertiary/aromatic N) is 3. The van der Waals surface area contributed by atoms with Crippen molar-refractivity contribution in [1.29, 1.82) is 0 Å². The first-order chi connectivity index (χ1) is 18.7. The van der Waals surface area contributed by atoms with Crippen molar-refractivity contribution in [1.82, 2.24) is 15.1 Å². The van der Waals surface area contributed by atoms with Crippen molar-refractivity contribution < 1.29 is 4.79 Å². The van der Waals surface area contributed by atoms with Gasteiger partial charge in [0.1, 0.15) is 11.7 Å². The van der Waals surface area contributed by atoms with E-state index in [1.54, 1.807) is 0 Å². The lowest BCUT2D eigenvalue weighted by molar-refractivity contribution is -0.117. The summed E-state index contributed by atoms with van der Waals surface area (Å²) in [6.45, 7) is 12.1. The molecule has 2 aliphatic carbocycles. The van der Waals surface area contributed by atoms with Gasteiger partial charge in [-0.25, -0.2) is 4.99 Å². The van der Waals surface area contributed by atoms with Gasteiger partial charge in [-0.1, -0.05) is 75.1 Å². The van der Waals surface area contributed by atoms with Crippen molar-refractivity contribution in [3.8, 4) is 0 Å². The average Bonchev–Trinajstić information content (AvgIpc) is 3.42. The molecular weight excluding hydrogens is 482 g/mol. The Morgan fingerprint density at radius 2 is 1.72 bits per heavy atom. The van der Waals surface area contributed by atoms with Crippen LogP contribution in [0.15, 0.2) is 64.5 Å². The van der Waals surface area contributed by atoms with E-state index in [4.69, 9.17) is 10.7 Å². The maximum Gasteiger partial charge on any atom is 0.251 e. The number of nitrogens with two attached hydrogens (primary N) is 1. The molecule has 0 aromatic heterocycles. The highest BCUT2D eigenvalue weighted by Gasteiger charge is 2.30. The number of rotatable bonds is 8. The van der Waals surface area contributed by atoms with Crippen LogP contribution in [0.3, 0.4) is 0 Å². The second-order valence-electron chi connectivity index (χ2n) is 12.3. The van der Waals surface area contributed by atoms with E-state index in [0.29, 0.717) is 5.82 Å². The van der Waals surface area contributed by atoms with Gasteiger partial charge in [0.2, 0.25) is 0 Å². The van der Waals surface area contributed by atoms with Crippen molar-refractivity contribution in [3.63, 3.8) is 0 Å². The molecular formula is C33H49N5O. The number of carbonyl (C=O) groups excluding carboxylic acids is 1. The fourth-order valence-electron chi connectivity index (χ4n) is 6.00. The molecule has 212 valence electrons. The van der Waals surface area contributed by atoms with E-state index in [1.165, 1.54) is 43.2 Å². The predicted octanol–water partition coefficient (Wildman–Crippen LogP) is 5.07. The van der Waals surface area contributed by atoms with E-state index in [0.717, 1.165) is 55.5 Å². The molecule has 1 saturated heterocycles. The van der Waals surface area contributed by atoms with Crippen molar-refractivity contribution >= 4 is 11.7 Å². The third kappa shape index (κ3) is 8.07. The Bertz CT molecular complexity index is 1100. The lowest BCUT2D eigenvalue weighted by Crippen LogP contribution is -2.50. The Morgan fingerprint density at radius 3 is 2.33 bits per heavy atom. The summed E-state index contributed by atoms with van der Waals surface area (Å²) in [7, 11) is 2.16. The predicted molar refractivity (Wildman–Crippen MR) is 162 cm³/mol. The Balaban J connectivity index is 1.35. The molecule has 0 spiro atoms. The largest absolute Gasteiger partial charge is 0.384 e. The SMILES string of the molecule is CC(C)=C(N)/N=C(\C1C=CC(C(=O)NC(C)Cc2ccc(CC3CCCC3)cc2)=CC1C)N1CCN(C)CC1. The van der Waals surface area contributed by atoms with Crippen LogP contribution in [0.5, 0.6) is 0 Å². The molecule has 1 saturated carbocycles. The van der Waals surface area contributed by atoms with Crippen LogP contribution in [0.4, 0.5) is 0 Å². The van der Waals surface area contributed by atoms with Gasteiger partial charge in [-0.2, -0.15) is 0 Å². The topological polar surface area (TPSA) is 74.0 Å². The fraction of sp³-hybridized carbons (Fsp3) is 0.576. The van der Waals surface area contributed by atoms with Gasteiger partial charge >= 0.3 is 0 Å². The van der Waals surface area contributed by atoms with Crippen LogP contribution in [0.2, 0.25) is 0 Å². The number of aliphatic imine (C=N–C) groups is 1. The van der Waals surface area contributed by atoms with E-state index >= 15 is 0 Å². The number of hydrogen-bond donors (Lipinski definition) is 2. The zero-order valence-electron chi connectivity index (χ0n) is 24.7. The molecule has 3 N–H and O–H groups in total. The maximum atomic E-state index is 13.2. The first-order valence-electron chi connectivity index (χ1n) is 14.9. The lowest BCUT2D eigenvalue weighted by Gasteiger charge is -2.38. The van der Waals surface area contributed by atoms with Gasteiger partial charge in [-0.3, -0.25) is 4.79 Å². The van der Waals surface area contributed by atoms with Gasteiger partial charge in [-0.05, 0) is 69.2 Å². The zero-order chi connectivity index (χ0) is 27.9. The summed E-state index contributed by atoms with van der Waals surface area (Å²) >= 11 is 0. The number of nitrogens with one attached hydrogen (secondary N) is 1. The molecule has 6 nitrogen and oxygen atoms in total. The lowest BCUT2D eigenvalue weighted by atomic mass is 9.85. The molecule has 1 aromatic carbocycles. The summed E-state index contributed by atoms with van der Waals surface area (Å²) in [5.74, 6) is 2.67. The zero-order valence-corrected chi connectivity index (χ0v) is 24.7. The number of amides is 1. The maximum absolute atomic E-state index is 13.2. The minimum atomic E-state index is -0.0104. The number of likely N-dealkylation sites (N-methyl/N-ethyl adjacent to an activating group) is 1. The van der Waals surface area contributed by atoms with Crippen molar-refractivity contribution in [3.05, 3.63) is 70.6 Å². The van der Waals surface area contributed by atoms with Crippen LogP contribution < -0.4 is 11.1 Å². The molecule has 4 rings (SSSR count). The van der Waals surface area contributed by atoms with Gasteiger partial charge in [0.15, 0.2) is 0 Å². The van der Waals surface area contributed by atoms with Crippen LogP contribution >= 0.6 is 0 Å². The highest BCUT2D eigenvalue weighted by atomic mass is 16.1. The quantitative estimate of drug-likeness (QED) is 0.363. The minimum Gasteiger partial charge on any atom is -0.384 e. The second kappa shape index (κ2) is 13.5. The summed E-state index contributed by atoms with van der Waals surface area (Å²) in [6.07, 6.45) is 13.8. The van der Waals surface area contributed by atoms with Crippen LogP contribution in [-0.2, 0) is 17.6 Å². The first kappa shape index (κ1) is 29.1. The molecule has 0 bridgehead atoms. The average molecular weight is 532 g/mol. The van der Waals surface area contributed by atoms with Crippen molar-refractivity contribution in [2.24, 2.45) is 28.5 Å². The molecule has 1 heterocycles. The van der Waals surface area contributed by atoms with Crippen LogP contribution in [0.25, 0.3) is 0 Å². The molecule has 1 aliphatic heterocycles. The molecule has 3 atom stereocenters. The Hall–Kier alpha value is -2.86. The molecule has 39 heavy (non-hydrogen) atoms. The Kier molecular flexibility index (Phi) is 10.1. The summed E-state index contributed by atoms with van der Waals surface area (Å²) in [5.41, 5.74) is 10.7. The van der Waals surface area contributed by atoms with E-state index in [2.05, 4.69) is 72.4 Å². The second-order valence-corrected chi connectivity index (χ2v) is 12.3. The van der Waals surface area contributed by atoms with Crippen molar-refractivity contribution in [2.75, 3.05) is 33.2 Å². The normalized spacial score (nSPS) is 23.5. The van der Waals surface area contributed by atoms with Crippen LogP contribution in [-0.4, -0.2) is 60.8 Å². The van der Waals surface area contributed by atoms with Gasteiger partial charge in [0.05, 0.1) is 0 Å². The van der Waals surface area contributed by atoms with Gasteiger partial charge in [0.25, 0.3) is 5.91 Å². The molecule has 0 radical (unpaired) electrons. The highest BCUT2D eigenvalue weighted by Crippen LogP contribution is 2.29. The smallest absolute Gasteiger partial charge is 0.251 e. The standard InChI is InChI=1S/C33H49N5O/c1-23(2)31(34)36-32(38-18-16-37(5)17-19-38)30-15-14-29(20-24(30)3)33(39)35-25(4)21-27-10-12-28(13-11-27)22-26-8-6-7-9-26/h10-15,20,24-26,30H,6-9,16-19,21-22,34H2,1-5H3,(H,35,39)/b36-32+. The molecule has 1 aromatic rings. The van der Waals surface area contributed by atoms with Crippen LogP contribution in [0, 0.1) is 17.8 Å². The Labute approximate surface area is 236 Å². The summed E-state index contributed by atoms with van der Waals surface area (Å²) < 4.78 is 0. The number of allylic oxidation sites excluding steroid dienone is 2. The number of benzene rings is 1. The van der Waals surface area contributed by atoms with E-state index in [-0.39, 0.29) is 23.8 Å². The monoisotopic (exact) mass is 531 g/mol. The minimum absolute atomic E-state index is 0.0104. The number of amidine groups is 1. The summed E-state index contributed by atoms with van der Waals surface area (Å²) in [5, 5.41) is 3.22. The number of carbonyl (C=O) groups is 1. The number of piperazine rings is 1. The van der Waals surface area contributed by atoms with Gasteiger partial charge < -0.3 is 20.9 Å². The third-order valence-electron chi connectivity index (χ3n) is 8.57. The Morgan fingerprint density at radius 1 is 1.08 bits per heavy atom. The molecule has 3 aliphatic rings. The van der Waals surface area contributed by atoms with Crippen molar-refractivity contribution in [2.45, 2.75) is 72.3 Å². The summed E-state index contributed by atoms with van der Waals surface area (Å²) in [6, 6.07) is 9.07.